The fraction of sp³-hybridized carbons (Fsp3) is 0.933. The van der Waals surface area contributed by atoms with Crippen molar-refractivity contribution < 1.29 is 28.6 Å². The quantitative estimate of drug-likeness (QED) is 0.0356. The van der Waals surface area contributed by atoms with Crippen LogP contribution in [0.2, 0.25) is 0 Å². The van der Waals surface area contributed by atoms with E-state index >= 15 is 0 Å². The first-order valence-electron chi connectivity index (χ1n) is 22.4. The number of ether oxygens (including phenoxy) is 3. The van der Waals surface area contributed by atoms with Gasteiger partial charge in [-0.1, -0.05) is 207 Å². The first-order valence-corrected chi connectivity index (χ1v) is 22.4. The highest BCUT2D eigenvalue weighted by Crippen LogP contribution is 2.16. The van der Waals surface area contributed by atoms with Crippen LogP contribution in [0.25, 0.3) is 0 Å². The number of carbonyl (C=O) groups excluding carboxylic acids is 3. The van der Waals surface area contributed by atoms with Gasteiger partial charge in [0.25, 0.3) is 0 Å². The highest BCUT2D eigenvalue weighted by molar-refractivity contribution is 5.71. The SMILES string of the molecule is CCCCCCCCCCCCCCCCC(=O)OC[C@H](COC(=O)CCCCCCCCCCCCCC(C)C)OC(=O)CCCCCCC. The largest absolute Gasteiger partial charge is 0.462 e. The molecule has 0 aliphatic rings. The molecule has 0 aromatic heterocycles. The molecule has 0 aliphatic heterocycles. The predicted molar refractivity (Wildman–Crippen MR) is 215 cm³/mol. The third kappa shape index (κ3) is 39.5. The monoisotopic (exact) mass is 723 g/mol. The van der Waals surface area contributed by atoms with Crippen LogP contribution in [-0.2, 0) is 28.6 Å². The van der Waals surface area contributed by atoms with Crippen molar-refractivity contribution in [3.05, 3.63) is 0 Å². The number of hydrogen-bond acceptors (Lipinski definition) is 6. The summed E-state index contributed by atoms with van der Waals surface area (Å²) in [7, 11) is 0. The molecule has 0 saturated carbocycles. The fourth-order valence-corrected chi connectivity index (χ4v) is 6.63. The third-order valence-corrected chi connectivity index (χ3v) is 10.0. The standard InChI is InChI=1S/C45H86O6/c1-5-7-9-11-12-13-14-15-16-19-22-25-29-32-36-43(46)49-39-42(51-45(48)38-34-27-10-8-6-2)40-50-44(47)37-33-30-26-23-20-17-18-21-24-28-31-35-41(3)4/h41-42H,5-40H2,1-4H3/t42-/m1/s1. The van der Waals surface area contributed by atoms with Gasteiger partial charge in [0.05, 0.1) is 0 Å². The maximum absolute atomic E-state index is 12.5. The van der Waals surface area contributed by atoms with Gasteiger partial charge in [0.2, 0.25) is 0 Å². The van der Waals surface area contributed by atoms with Gasteiger partial charge in [-0.05, 0) is 25.2 Å². The molecule has 0 aliphatic carbocycles. The molecule has 0 aromatic rings. The zero-order chi connectivity index (χ0) is 37.5. The molecule has 0 radical (unpaired) electrons. The van der Waals surface area contributed by atoms with Crippen molar-refractivity contribution >= 4 is 17.9 Å². The van der Waals surface area contributed by atoms with E-state index in [1.54, 1.807) is 0 Å². The first-order chi connectivity index (χ1) is 24.9. The minimum atomic E-state index is -0.757. The van der Waals surface area contributed by atoms with Gasteiger partial charge < -0.3 is 14.2 Å². The lowest BCUT2D eigenvalue weighted by molar-refractivity contribution is -0.167. The molecule has 0 rings (SSSR count). The summed E-state index contributed by atoms with van der Waals surface area (Å²) < 4.78 is 16.6. The summed E-state index contributed by atoms with van der Waals surface area (Å²) >= 11 is 0. The van der Waals surface area contributed by atoms with Gasteiger partial charge in [-0.2, -0.15) is 0 Å². The normalized spacial score (nSPS) is 11.9. The number of esters is 3. The summed E-state index contributed by atoms with van der Waals surface area (Å²) in [5.41, 5.74) is 0. The van der Waals surface area contributed by atoms with Crippen LogP contribution < -0.4 is 0 Å². The van der Waals surface area contributed by atoms with Crippen molar-refractivity contribution in [1.29, 1.82) is 0 Å². The Balaban J connectivity index is 4.14. The lowest BCUT2D eigenvalue weighted by Crippen LogP contribution is -2.30. The molecule has 51 heavy (non-hydrogen) atoms. The zero-order valence-corrected chi connectivity index (χ0v) is 34.6. The van der Waals surface area contributed by atoms with Gasteiger partial charge in [-0.15, -0.1) is 0 Å². The molecular weight excluding hydrogens is 636 g/mol. The third-order valence-electron chi connectivity index (χ3n) is 10.0. The van der Waals surface area contributed by atoms with Gasteiger partial charge in [-0.25, -0.2) is 0 Å². The molecule has 0 unspecified atom stereocenters. The molecule has 0 spiro atoms. The number of carbonyl (C=O) groups is 3. The molecule has 6 nitrogen and oxygen atoms in total. The van der Waals surface area contributed by atoms with E-state index in [4.69, 9.17) is 14.2 Å². The van der Waals surface area contributed by atoms with Crippen molar-refractivity contribution in [2.75, 3.05) is 13.2 Å². The van der Waals surface area contributed by atoms with E-state index in [1.165, 1.54) is 135 Å². The maximum atomic E-state index is 12.5. The molecule has 1 atom stereocenters. The minimum absolute atomic E-state index is 0.0652. The average Bonchev–Trinajstić information content (AvgIpc) is 3.11. The van der Waals surface area contributed by atoms with Crippen molar-refractivity contribution in [2.45, 2.75) is 252 Å². The lowest BCUT2D eigenvalue weighted by atomic mass is 10.0. The van der Waals surface area contributed by atoms with E-state index in [9.17, 15) is 14.4 Å². The second kappa shape index (κ2) is 39.6. The highest BCUT2D eigenvalue weighted by Gasteiger charge is 2.19. The van der Waals surface area contributed by atoms with Gasteiger partial charge in [-0.3, -0.25) is 14.4 Å². The Hall–Kier alpha value is -1.59. The van der Waals surface area contributed by atoms with Gasteiger partial charge >= 0.3 is 17.9 Å². The van der Waals surface area contributed by atoms with E-state index in [1.807, 2.05) is 0 Å². The van der Waals surface area contributed by atoms with Gasteiger partial charge in [0, 0.05) is 19.3 Å². The van der Waals surface area contributed by atoms with Crippen LogP contribution in [0.5, 0.6) is 0 Å². The lowest BCUT2D eigenvalue weighted by Gasteiger charge is -2.18. The Morgan fingerprint density at radius 3 is 0.961 bits per heavy atom. The van der Waals surface area contributed by atoms with E-state index in [-0.39, 0.29) is 31.1 Å². The molecule has 0 aromatic carbocycles. The van der Waals surface area contributed by atoms with Crippen LogP contribution in [0.4, 0.5) is 0 Å². The van der Waals surface area contributed by atoms with Crippen molar-refractivity contribution in [2.24, 2.45) is 5.92 Å². The Morgan fingerprint density at radius 1 is 0.373 bits per heavy atom. The molecule has 0 fully saturated rings. The Kier molecular flexibility index (Phi) is 38.4. The van der Waals surface area contributed by atoms with E-state index in [2.05, 4.69) is 27.7 Å². The zero-order valence-electron chi connectivity index (χ0n) is 34.6. The van der Waals surface area contributed by atoms with Crippen molar-refractivity contribution in [3.8, 4) is 0 Å². The smallest absolute Gasteiger partial charge is 0.306 e. The molecule has 302 valence electrons. The Morgan fingerprint density at radius 2 is 0.647 bits per heavy atom. The first kappa shape index (κ1) is 49.4. The topological polar surface area (TPSA) is 78.9 Å². The molecule has 0 bridgehead atoms. The summed E-state index contributed by atoms with van der Waals surface area (Å²) in [6.07, 6.45) is 38.3. The van der Waals surface area contributed by atoms with Crippen LogP contribution in [-0.4, -0.2) is 37.2 Å². The van der Waals surface area contributed by atoms with E-state index < -0.39 is 6.10 Å². The van der Waals surface area contributed by atoms with Gasteiger partial charge in [0.1, 0.15) is 13.2 Å². The molecule has 0 saturated heterocycles. The van der Waals surface area contributed by atoms with E-state index in [0.717, 1.165) is 70.1 Å². The fourth-order valence-electron chi connectivity index (χ4n) is 6.63. The Labute approximate surface area is 317 Å². The second-order valence-corrected chi connectivity index (χ2v) is 15.8. The molecule has 0 heterocycles. The number of unbranched alkanes of at least 4 members (excludes halogenated alkanes) is 27. The van der Waals surface area contributed by atoms with Crippen LogP contribution in [0.3, 0.4) is 0 Å². The summed E-state index contributed by atoms with van der Waals surface area (Å²) in [6, 6.07) is 0. The summed E-state index contributed by atoms with van der Waals surface area (Å²) in [5.74, 6) is -0.0425. The van der Waals surface area contributed by atoms with Crippen molar-refractivity contribution in [1.82, 2.24) is 0 Å². The molecular formula is C45H86O6. The van der Waals surface area contributed by atoms with Gasteiger partial charge in [0.15, 0.2) is 6.10 Å². The van der Waals surface area contributed by atoms with Crippen LogP contribution in [0.15, 0.2) is 0 Å². The predicted octanol–water partition coefficient (Wildman–Crippen LogP) is 13.9. The number of rotatable bonds is 40. The second-order valence-electron chi connectivity index (χ2n) is 15.8. The van der Waals surface area contributed by atoms with Crippen LogP contribution in [0.1, 0.15) is 246 Å². The summed E-state index contributed by atoms with van der Waals surface area (Å²) in [5, 5.41) is 0. The Bertz CT molecular complexity index is 766. The van der Waals surface area contributed by atoms with Crippen LogP contribution >= 0.6 is 0 Å². The molecule has 0 amide bonds. The highest BCUT2D eigenvalue weighted by atomic mass is 16.6. The minimum Gasteiger partial charge on any atom is -0.462 e. The molecule has 0 N–H and O–H groups in total. The number of hydrogen-bond donors (Lipinski definition) is 0. The average molecular weight is 723 g/mol. The molecule has 6 heteroatoms. The summed E-state index contributed by atoms with van der Waals surface area (Å²) in [4.78, 5) is 37.4. The van der Waals surface area contributed by atoms with Crippen LogP contribution in [0, 0.1) is 5.92 Å². The van der Waals surface area contributed by atoms with E-state index in [0.29, 0.717) is 19.3 Å². The van der Waals surface area contributed by atoms with Crippen molar-refractivity contribution in [3.63, 3.8) is 0 Å². The summed E-state index contributed by atoms with van der Waals surface area (Å²) in [6.45, 7) is 8.91. The maximum Gasteiger partial charge on any atom is 0.306 e.